The Kier molecular flexibility index (Phi) is 12.0. The van der Waals surface area contributed by atoms with Gasteiger partial charge >= 0.3 is 12.1 Å². The van der Waals surface area contributed by atoms with Gasteiger partial charge in [0.25, 0.3) is 0 Å². The van der Waals surface area contributed by atoms with Gasteiger partial charge in [-0.1, -0.05) is 55.8 Å². The molecule has 0 saturated heterocycles. The molecule has 4 amide bonds. The predicted octanol–water partition coefficient (Wildman–Crippen LogP) is 4.36. The van der Waals surface area contributed by atoms with Crippen LogP contribution < -0.4 is 21.3 Å². The number of carbonyl (C=O) groups is 3. The number of carbonyl (C=O) groups excluding carboxylic acids is 3. The van der Waals surface area contributed by atoms with E-state index in [1.807, 2.05) is 54.6 Å². The monoisotopic (exact) mass is 468 g/mol. The SMILES string of the molecule is CCCCc1cccc(NC(=O)[C@H](CCCCNC(=O)NC)NC(=O)OCc2ccccc2)c1. The molecule has 2 aromatic rings. The fourth-order valence-electron chi connectivity index (χ4n) is 3.35. The maximum Gasteiger partial charge on any atom is 0.408 e. The van der Waals surface area contributed by atoms with Crippen LogP contribution in [0.1, 0.15) is 50.2 Å². The van der Waals surface area contributed by atoms with Crippen LogP contribution in [0.5, 0.6) is 0 Å². The van der Waals surface area contributed by atoms with E-state index in [4.69, 9.17) is 4.74 Å². The summed E-state index contributed by atoms with van der Waals surface area (Å²) in [6, 6.07) is 16.1. The molecule has 2 aromatic carbocycles. The van der Waals surface area contributed by atoms with Gasteiger partial charge in [0.05, 0.1) is 0 Å². The van der Waals surface area contributed by atoms with Gasteiger partial charge < -0.3 is 26.0 Å². The number of nitrogens with one attached hydrogen (secondary N) is 4. The van der Waals surface area contributed by atoms with Gasteiger partial charge in [-0.3, -0.25) is 4.79 Å². The largest absolute Gasteiger partial charge is 0.445 e. The molecule has 0 aliphatic rings. The van der Waals surface area contributed by atoms with Crippen LogP contribution in [-0.4, -0.2) is 37.7 Å². The second kappa shape index (κ2) is 15.3. The van der Waals surface area contributed by atoms with Crippen molar-refractivity contribution in [2.24, 2.45) is 0 Å². The number of rotatable bonds is 13. The van der Waals surface area contributed by atoms with Gasteiger partial charge in [-0.15, -0.1) is 0 Å². The highest BCUT2D eigenvalue weighted by Crippen LogP contribution is 2.14. The average Bonchev–Trinajstić information content (AvgIpc) is 2.86. The normalized spacial score (nSPS) is 11.2. The number of alkyl carbamates (subject to hydrolysis) is 1. The lowest BCUT2D eigenvalue weighted by Crippen LogP contribution is -2.44. The second-order valence-corrected chi connectivity index (χ2v) is 8.05. The molecule has 0 fully saturated rings. The molecule has 4 N–H and O–H groups in total. The predicted molar refractivity (Wildman–Crippen MR) is 134 cm³/mol. The Morgan fingerprint density at radius 3 is 2.44 bits per heavy atom. The van der Waals surface area contributed by atoms with Crippen molar-refractivity contribution in [3.63, 3.8) is 0 Å². The minimum Gasteiger partial charge on any atom is -0.445 e. The summed E-state index contributed by atoms with van der Waals surface area (Å²) in [7, 11) is 1.55. The van der Waals surface area contributed by atoms with Crippen molar-refractivity contribution in [2.45, 2.75) is 58.1 Å². The second-order valence-electron chi connectivity index (χ2n) is 8.05. The molecular weight excluding hydrogens is 432 g/mol. The van der Waals surface area contributed by atoms with E-state index < -0.39 is 12.1 Å². The van der Waals surface area contributed by atoms with Crippen molar-refractivity contribution in [3.8, 4) is 0 Å². The zero-order valence-electron chi connectivity index (χ0n) is 20.1. The molecule has 2 rings (SSSR count). The van der Waals surface area contributed by atoms with Crippen LogP contribution in [0, 0.1) is 0 Å². The number of hydrogen-bond donors (Lipinski definition) is 4. The van der Waals surface area contributed by atoms with Crippen LogP contribution in [0.4, 0.5) is 15.3 Å². The van der Waals surface area contributed by atoms with E-state index in [1.54, 1.807) is 7.05 Å². The number of unbranched alkanes of at least 4 members (excludes halogenated alkanes) is 2. The zero-order chi connectivity index (χ0) is 24.6. The maximum absolute atomic E-state index is 13.0. The number of ether oxygens (including phenoxy) is 1. The summed E-state index contributed by atoms with van der Waals surface area (Å²) >= 11 is 0. The number of hydrogen-bond acceptors (Lipinski definition) is 4. The minimum atomic E-state index is -0.762. The van der Waals surface area contributed by atoms with Crippen molar-refractivity contribution in [2.75, 3.05) is 18.9 Å². The Hall–Kier alpha value is -3.55. The van der Waals surface area contributed by atoms with E-state index in [1.165, 1.54) is 0 Å². The molecule has 184 valence electrons. The zero-order valence-corrected chi connectivity index (χ0v) is 20.1. The lowest BCUT2D eigenvalue weighted by atomic mass is 10.1. The van der Waals surface area contributed by atoms with Crippen LogP contribution in [0.3, 0.4) is 0 Å². The maximum atomic E-state index is 13.0. The quantitative estimate of drug-likeness (QED) is 0.328. The number of anilines is 1. The summed E-state index contributed by atoms with van der Waals surface area (Å²) in [6.07, 6.45) is 4.20. The van der Waals surface area contributed by atoms with Crippen LogP contribution in [0.25, 0.3) is 0 Å². The Balaban J connectivity index is 1.94. The molecule has 0 unspecified atom stereocenters. The van der Waals surface area contributed by atoms with Crippen LogP contribution in [0.2, 0.25) is 0 Å². The van der Waals surface area contributed by atoms with Crippen LogP contribution in [-0.2, 0) is 22.6 Å². The molecule has 0 heterocycles. The lowest BCUT2D eigenvalue weighted by molar-refractivity contribution is -0.118. The first kappa shape index (κ1) is 26.7. The van der Waals surface area contributed by atoms with Crippen molar-refractivity contribution < 1.29 is 19.1 Å². The highest BCUT2D eigenvalue weighted by Gasteiger charge is 2.21. The van der Waals surface area contributed by atoms with Crippen molar-refractivity contribution in [1.29, 1.82) is 0 Å². The summed E-state index contributed by atoms with van der Waals surface area (Å²) in [4.78, 5) is 36.7. The van der Waals surface area contributed by atoms with Gasteiger partial charge in [-0.25, -0.2) is 9.59 Å². The summed E-state index contributed by atoms with van der Waals surface area (Å²) in [5, 5.41) is 10.8. The van der Waals surface area contributed by atoms with Gasteiger partial charge in [0, 0.05) is 19.3 Å². The van der Waals surface area contributed by atoms with E-state index in [2.05, 4.69) is 28.2 Å². The first-order valence-electron chi connectivity index (χ1n) is 11.8. The van der Waals surface area contributed by atoms with Gasteiger partial charge in [-0.05, 0) is 55.4 Å². The fourth-order valence-corrected chi connectivity index (χ4v) is 3.35. The Labute approximate surface area is 201 Å². The number of benzene rings is 2. The summed E-state index contributed by atoms with van der Waals surface area (Å²) in [6.45, 7) is 2.74. The van der Waals surface area contributed by atoms with E-state index >= 15 is 0 Å². The Morgan fingerprint density at radius 2 is 1.71 bits per heavy atom. The molecule has 0 saturated carbocycles. The highest BCUT2D eigenvalue weighted by atomic mass is 16.5. The molecule has 0 aliphatic heterocycles. The van der Waals surface area contributed by atoms with E-state index in [0.717, 1.165) is 30.4 Å². The third-order valence-electron chi connectivity index (χ3n) is 5.27. The van der Waals surface area contributed by atoms with E-state index in [-0.39, 0.29) is 18.5 Å². The summed E-state index contributed by atoms with van der Waals surface area (Å²) < 4.78 is 5.30. The lowest BCUT2D eigenvalue weighted by Gasteiger charge is -2.19. The van der Waals surface area contributed by atoms with Crippen LogP contribution in [0.15, 0.2) is 54.6 Å². The molecule has 0 spiro atoms. The fraction of sp³-hybridized carbons (Fsp3) is 0.423. The first-order valence-corrected chi connectivity index (χ1v) is 11.8. The molecular formula is C26H36N4O4. The molecule has 0 aromatic heterocycles. The molecule has 8 heteroatoms. The van der Waals surface area contributed by atoms with Gasteiger partial charge in [0.1, 0.15) is 12.6 Å². The summed E-state index contributed by atoms with van der Waals surface area (Å²) in [5.41, 5.74) is 2.72. The molecule has 0 radical (unpaired) electrons. The third kappa shape index (κ3) is 10.4. The number of amides is 4. The van der Waals surface area contributed by atoms with E-state index in [9.17, 15) is 14.4 Å². The van der Waals surface area contributed by atoms with Crippen molar-refractivity contribution in [1.82, 2.24) is 16.0 Å². The van der Waals surface area contributed by atoms with Crippen molar-refractivity contribution in [3.05, 3.63) is 65.7 Å². The van der Waals surface area contributed by atoms with Gasteiger partial charge in [-0.2, -0.15) is 0 Å². The van der Waals surface area contributed by atoms with E-state index in [0.29, 0.717) is 31.5 Å². The Morgan fingerprint density at radius 1 is 0.941 bits per heavy atom. The molecule has 0 aliphatic carbocycles. The third-order valence-corrected chi connectivity index (χ3v) is 5.27. The van der Waals surface area contributed by atoms with Gasteiger partial charge in [0.2, 0.25) is 5.91 Å². The highest BCUT2D eigenvalue weighted by molar-refractivity contribution is 5.96. The number of aryl methyl sites for hydroxylation is 1. The van der Waals surface area contributed by atoms with Crippen LogP contribution >= 0.6 is 0 Å². The first-order chi connectivity index (χ1) is 16.5. The van der Waals surface area contributed by atoms with Crippen molar-refractivity contribution >= 4 is 23.7 Å². The molecule has 0 bridgehead atoms. The molecule has 1 atom stereocenters. The topological polar surface area (TPSA) is 109 Å². The average molecular weight is 469 g/mol. The number of urea groups is 1. The molecule has 8 nitrogen and oxygen atoms in total. The Bertz CT molecular complexity index is 905. The molecule has 34 heavy (non-hydrogen) atoms. The van der Waals surface area contributed by atoms with Gasteiger partial charge in [0.15, 0.2) is 0 Å². The minimum absolute atomic E-state index is 0.122. The smallest absolute Gasteiger partial charge is 0.408 e. The summed E-state index contributed by atoms with van der Waals surface area (Å²) in [5.74, 6) is -0.302. The standard InChI is InChI=1S/C26H36N4O4/c1-3-4-11-20-14-10-15-22(18-20)29-24(31)23(16-8-9-17-28-25(32)27-2)30-26(33)34-19-21-12-6-5-7-13-21/h5-7,10,12-15,18,23H,3-4,8-9,11,16-17,19H2,1-2H3,(H,29,31)(H,30,33)(H2,27,28,32)/t23-/m0/s1.